The van der Waals surface area contributed by atoms with Gasteiger partial charge in [0, 0.05) is 0 Å². The van der Waals surface area contributed by atoms with Gasteiger partial charge >= 0.3 is 82.0 Å². The van der Waals surface area contributed by atoms with Crippen LogP contribution in [0.4, 0.5) is 0 Å². The van der Waals surface area contributed by atoms with Gasteiger partial charge in [-0.2, -0.15) is 0 Å². The summed E-state index contributed by atoms with van der Waals surface area (Å²) < 4.78 is 0.770. The summed E-state index contributed by atoms with van der Waals surface area (Å²) in [4.78, 5) is 0. The van der Waals surface area contributed by atoms with Crippen molar-refractivity contribution >= 4 is 6.08 Å². The molecule has 1 aromatic carbocycles. The molecule has 1 unspecified atom stereocenters. The minimum absolute atomic E-state index is 0. The molecule has 1 aliphatic rings. The van der Waals surface area contributed by atoms with Crippen LogP contribution in [-0.4, -0.2) is 0 Å². The van der Waals surface area contributed by atoms with Crippen molar-refractivity contribution in [2.45, 2.75) is 10.6 Å². The van der Waals surface area contributed by atoms with Crippen LogP contribution in [0.15, 0.2) is 29.8 Å². The number of allylic oxidation sites excluding steroid dienone is 1. The Kier molecular flexibility index (Phi) is 9.50. The molecule has 4 heteroatoms. The largest absolute Gasteiger partial charge is 1.00 e. The van der Waals surface area contributed by atoms with Crippen LogP contribution >= 0.6 is 0 Å². The Bertz CT molecular complexity index is 323. The second-order valence-electron chi connectivity index (χ2n) is 2.95. The van der Waals surface area contributed by atoms with Crippen LogP contribution in [0.25, 0.3) is 6.08 Å². The third-order valence-electron chi connectivity index (χ3n) is 2.15. The first-order valence-corrected chi connectivity index (χ1v) is 5.84. The summed E-state index contributed by atoms with van der Waals surface area (Å²) in [6, 6.07) is 8.70. The van der Waals surface area contributed by atoms with Gasteiger partial charge in [0.15, 0.2) is 0 Å². The normalized spacial score (nSPS) is 16.8. The van der Waals surface area contributed by atoms with E-state index < -0.39 is 0 Å². The molecule has 0 aliphatic heterocycles. The predicted octanol–water partition coefficient (Wildman–Crippen LogP) is -6.30. The van der Waals surface area contributed by atoms with Crippen LogP contribution in [0.2, 0.25) is 0 Å². The van der Waals surface area contributed by atoms with E-state index in [1.807, 2.05) is 0 Å². The molecule has 0 amide bonds. The van der Waals surface area contributed by atoms with E-state index in [0.29, 0.717) is 0 Å². The first kappa shape index (κ1) is 17.7. The molecule has 2 rings (SSSR count). The Morgan fingerprint density at radius 3 is 2.21 bits per heavy atom. The summed E-state index contributed by atoms with van der Waals surface area (Å²) in [7, 11) is 0. The maximum Gasteiger partial charge on any atom is -1.00 e. The number of hydrogen-bond acceptors (Lipinski definition) is 0. The van der Waals surface area contributed by atoms with E-state index in [-0.39, 0.29) is 50.9 Å². The Morgan fingerprint density at radius 2 is 1.64 bits per heavy atom. The van der Waals surface area contributed by atoms with Crippen LogP contribution in [0.1, 0.15) is 21.7 Å². The average molecular weight is 547 g/mol. The molecule has 74 valence electrons. The maximum absolute atomic E-state index is 2.31. The van der Waals surface area contributed by atoms with E-state index in [2.05, 4.69) is 37.3 Å². The quantitative estimate of drug-likeness (QED) is 0.284. The van der Waals surface area contributed by atoms with Gasteiger partial charge < -0.3 is 50.9 Å². The number of halogens is 3. The van der Waals surface area contributed by atoms with E-state index in [0.717, 1.165) is 3.67 Å². The number of hydrogen-bond donors (Lipinski definition) is 0. The molecule has 0 fully saturated rings. The standard InChI is InChI=1S/C10H9.3BrH.Hf/c1-8-6-9-4-2-3-5-10(9)7-8;;;;/h2-7H,1H3;3*1H;/q;;;;+3/p-3. The van der Waals surface area contributed by atoms with Crippen molar-refractivity contribution in [2.75, 3.05) is 0 Å². The molecule has 1 atom stereocenters. The van der Waals surface area contributed by atoms with Gasteiger partial charge in [-0.25, -0.2) is 0 Å². The van der Waals surface area contributed by atoms with Crippen molar-refractivity contribution < 1.29 is 75.3 Å². The van der Waals surface area contributed by atoms with Gasteiger partial charge in [-0.1, -0.05) is 0 Å². The van der Waals surface area contributed by atoms with Crippen molar-refractivity contribution in [1.29, 1.82) is 0 Å². The third kappa shape index (κ3) is 3.39. The number of rotatable bonds is 0. The Balaban J connectivity index is 0. The molecule has 0 N–H and O–H groups in total. The molecule has 0 bridgehead atoms. The molecule has 14 heavy (non-hydrogen) atoms. The SMILES string of the molecule is CC1=Cc2ccccc2[CH]1[Hf+3].[Br-].[Br-].[Br-]. The smallest absolute Gasteiger partial charge is 1.00 e. The first-order chi connectivity index (χ1) is 5.29. The fourth-order valence-electron chi connectivity index (χ4n) is 1.48. The molecular weight excluding hydrogens is 538 g/mol. The Hall–Kier alpha value is 1.27. The van der Waals surface area contributed by atoms with Gasteiger partial charge in [0.2, 0.25) is 0 Å². The third-order valence-corrected chi connectivity index (χ3v) is 4.90. The molecule has 0 aromatic heterocycles. The second-order valence-corrected chi connectivity index (χ2v) is 5.02. The molecule has 0 nitrogen and oxygen atoms in total. The molecule has 1 aliphatic carbocycles. The maximum atomic E-state index is 2.31. The van der Waals surface area contributed by atoms with Crippen molar-refractivity contribution in [1.82, 2.24) is 0 Å². The van der Waals surface area contributed by atoms with Gasteiger partial charge in [0.1, 0.15) is 0 Å². The van der Waals surface area contributed by atoms with Crippen LogP contribution in [0, 0.1) is 0 Å². The summed E-state index contributed by atoms with van der Waals surface area (Å²) >= 11 is 1.24. The Labute approximate surface area is 131 Å². The Morgan fingerprint density at radius 1 is 1.07 bits per heavy atom. The van der Waals surface area contributed by atoms with Crippen molar-refractivity contribution in [3.63, 3.8) is 0 Å². The van der Waals surface area contributed by atoms with Gasteiger partial charge in [-0.05, 0) is 0 Å². The predicted molar refractivity (Wildman–Crippen MR) is 42.8 cm³/mol. The van der Waals surface area contributed by atoms with Crippen LogP contribution in [0.5, 0.6) is 0 Å². The van der Waals surface area contributed by atoms with E-state index in [1.165, 1.54) is 41.1 Å². The topological polar surface area (TPSA) is 0 Å². The minimum atomic E-state index is 0. The monoisotopic (exact) mass is 546 g/mol. The summed E-state index contributed by atoms with van der Waals surface area (Å²) in [5.41, 5.74) is 4.51. The zero-order valence-corrected chi connectivity index (χ0v) is 15.9. The molecule has 0 spiro atoms. The molecule has 0 saturated heterocycles. The number of benzene rings is 1. The van der Waals surface area contributed by atoms with Crippen molar-refractivity contribution in [2.24, 2.45) is 0 Å². The van der Waals surface area contributed by atoms with Crippen molar-refractivity contribution in [3.8, 4) is 0 Å². The average Bonchev–Trinajstić information content (AvgIpc) is 2.30. The first-order valence-electron chi connectivity index (χ1n) is 3.77. The fourth-order valence-corrected chi connectivity index (χ4v) is 2.72. The zero-order valence-electron chi connectivity index (χ0n) is 7.60. The fraction of sp³-hybridized carbons (Fsp3) is 0.200. The van der Waals surface area contributed by atoms with Crippen LogP contribution in [0.3, 0.4) is 0 Å². The molecule has 1 aromatic rings. The molecule has 0 heterocycles. The van der Waals surface area contributed by atoms with Gasteiger partial charge in [0.05, 0.1) is 0 Å². The minimum Gasteiger partial charge on any atom is -1.00 e. The molecule has 0 saturated carbocycles. The van der Waals surface area contributed by atoms with Gasteiger partial charge in [-0.3, -0.25) is 0 Å². The van der Waals surface area contributed by atoms with E-state index in [1.54, 1.807) is 0 Å². The number of fused-ring (bicyclic) bond motifs is 1. The van der Waals surface area contributed by atoms with Gasteiger partial charge in [-0.15, -0.1) is 0 Å². The van der Waals surface area contributed by atoms with Crippen LogP contribution in [-0.2, 0) is 24.4 Å². The van der Waals surface area contributed by atoms with Crippen molar-refractivity contribution in [3.05, 3.63) is 41.0 Å². The second kappa shape index (κ2) is 7.53. The summed E-state index contributed by atoms with van der Waals surface area (Å²) in [5.74, 6) is 0. The van der Waals surface area contributed by atoms with E-state index in [4.69, 9.17) is 0 Å². The van der Waals surface area contributed by atoms with E-state index in [9.17, 15) is 0 Å². The molecular formula is C10H9Br3Hf. The van der Waals surface area contributed by atoms with Crippen LogP contribution < -0.4 is 50.9 Å². The summed E-state index contributed by atoms with van der Waals surface area (Å²) in [6.07, 6.45) is 2.31. The van der Waals surface area contributed by atoms with E-state index >= 15 is 0 Å². The van der Waals surface area contributed by atoms with Gasteiger partial charge in [0.25, 0.3) is 0 Å². The summed E-state index contributed by atoms with van der Waals surface area (Å²) in [5, 5.41) is 0. The summed E-state index contributed by atoms with van der Waals surface area (Å²) in [6.45, 7) is 2.23. The molecule has 0 radical (unpaired) electrons. The zero-order chi connectivity index (χ0) is 7.84.